The number of halogens is 1. The van der Waals surface area contributed by atoms with Gasteiger partial charge in [0.2, 0.25) is 0 Å². The summed E-state index contributed by atoms with van der Waals surface area (Å²) in [4.78, 5) is 0.504. The number of nitriles is 1. The third kappa shape index (κ3) is 3.41. The van der Waals surface area contributed by atoms with Crippen molar-refractivity contribution in [3.05, 3.63) is 29.3 Å². The van der Waals surface area contributed by atoms with Gasteiger partial charge < -0.3 is 5.32 Å². The number of thiocarbonyl (C=S) groups is 1. The van der Waals surface area contributed by atoms with Crippen molar-refractivity contribution in [2.45, 2.75) is 6.42 Å². The van der Waals surface area contributed by atoms with E-state index in [0.29, 0.717) is 10.0 Å². The summed E-state index contributed by atoms with van der Waals surface area (Å²) in [5, 5.41) is 11.9. The standard InChI is InChI=1S/C9H7ClN2S/c10-7-2-1-3-8(6-7)12-9(13)4-5-11/h1-3,6H,4H2,(H,12,13). The van der Waals surface area contributed by atoms with Gasteiger partial charge in [-0.3, -0.25) is 0 Å². The Labute approximate surface area is 87.1 Å². The molecule has 0 aromatic heterocycles. The monoisotopic (exact) mass is 210 g/mol. The lowest BCUT2D eigenvalue weighted by Gasteiger charge is -2.04. The Balaban J connectivity index is 2.65. The Hall–Kier alpha value is -1.11. The van der Waals surface area contributed by atoms with Crippen LogP contribution in [0.5, 0.6) is 0 Å². The summed E-state index contributed by atoms with van der Waals surface area (Å²) in [6, 6.07) is 9.16. The van der Waals surface area contributed by atoms with Gasteiger partial charge in [-0.25, -0.2) is 0 Å². The summed E-state index contributed by atoms with van der Waals surface area (Å²) in [5.74, 6) is 0. The van der Waals surface area contributed by atoms with E-state index in [-0.39, 0.29) is 6.42 Å². The highest BCUT2D eigenvalue weighted by atomic mass is 35.5. The number of benzene rings is 1. The van der Waals surface area contributed by atoms with Gasteiger partial charge in [0.25, 0.3) is 0 Å². The molecule has 0 aliphatic carbocycles. The van der Waals surface area contributed by atoms with Gasteiger partial charge in [-0.1, -0.05) is 29.9 Å². The zero-order valence-corrected chi connectivity index (χ0v) is 8.32. The zero-order valence-electron chi connectivity index (χ0n) is 6.75. The van der Waals surface area contributed by atoms with Crippen molar-refractivity contribution in [2.75, 3.05) is 5.32 Å². The number of hydrogen-bond acceptors (Lipinski definition) is 2. The van der Waals surface area contributed by atoms with Crippen LogP contribution >= 0.6 is 23.8 Å². The van der Waals surface area contributed by atoms with E-state index in [9.17, 15) is 0 Å². The van der Waals surface area contributed by atoms with Gasteiger partial charge in [0.15, 0.2) is 0 Å². The molecule has 0 amide bonds. The largest absolute Gasteiger partial charge is 0.349 e. The van der Waals surface area contributed by atoms with E-state index in [1.54, 1.807) is 12.1 Å². The second kappa shape index (κ2) is 4.80. The van der Waals surface area contributed by atoms with Crippen LogP contribution in [0.3, 0.4) is 0 Å². The van der Waals surface area contributed by atoms with Crippen LogP contribution in [0.15, 0.2) is 24.3 Å². The molecule has 0 unspecified atom stereocenters. The van der Waals surface area contributed by atoms with Crippen LogP contribution in [0.25, 0.3) is 0 Å². The molecule has 0 saturated heterocycles. The van der Waals surface area contributed by atoms with Crippen molar-refractivity contribution in [1.82, 2.24) is 0 Å². The Morgan fingerprint density at radius 3 is 3.00 bits per heavy atom. The molecule has 0 aliphatic heterocycles. The minimum Gasteiger partial charge on any atom is -0.349 e. The van der Waals surface area contributed by atoms with Crippen molar-refractivity contribution in [3.8, 4) is 6.07 Å². The first kappa shape index (κ1) is 9.97. The molecule has 4 heteroatoms. The summed E-state index contributed by atoms with van der Waals surface area (Å²) < 4.78 is 0. The van der Waals surface area contributed by atoms with Crippen LogP contribution < -0.4 is 5.32 Å². The van der Waals surface area contributed by atoms with E-state index >= 15 is 0 Å². The van der Waals surface area contributed by atoms with Gasteiger partial charge in [-0.2, -0.15) is 5.26 Å². The van der Waals surface area contributed by atoms with Gasteiger partial charge in [0.05, 0.1) is 17.5 Å². The number of hydrogen-bond donors (Lipinski definition) is 1. The summed E-state index contributed by atoms with van der Waals surface area (Å²) in [6.45, 7) is 0. The average molecular weight is 211 g/mol. The van der Waals surface area contributed by atoms with Crippen molar-refractivity contribution >= 4 is 34.5 Å². The van der Waals surface area contributed by atoms with Gasteiger partial charge >= 0.3 is 0 Å². The summed E-state index contributed by atoms with van der Waals surface area (Å²) in [6.07, 6.45) is 0.224. The zero-order chi connectivity index (χ0) is 9.68. The first-order valence-corrected chi connectivity index (χ1v) is 4.43. The summed E-state index contributed by atoms with van der Waals surface area (Å²) >= 11 is 10.7. The quantitative estimate of drug-likeness (QED) is 0.763. The molecule has 1 rings (SSSR count). The smallest absolute Gasteiger partial charge is 0.0939 e. The van der Waals surface area contributed by atoms with Crippen molar-refractivity contribution in [3.63, 3.8) is 0 Å². The predicted molar refractivity (Wildman–Crippen MR) is 57.9 cm³/mol. The highest BCUT2D eigenvalue weighted by Gasteiger charge is 1.96. The fourth-order valence-corrected chi connectivity index (χ4v) is 1.22. The van der Waals surface area contributed by atoms with E-state index in [4.69, 9.17) is 29.1 Å². The first-order chi connectivity index (χ1) is 6.22. The van der Waals surface area contributed by atoms with E-state index < -0.39 is 0 Å². The van der Waals surface area contributed by atoms with Crippen LogP contribution in [0.2, 0.25) is 5.02 Å². The van der Waals surface area contributed by atoms with Crippen LogP contribution in [-0.2, 0) is 0 Å². The second-order valence-corrected chi connectivity index (χ2v) is 3.32. The Morgan fingerprint density at radius 2 is 2.38 bits per heavy atom. The molecule has 0 atom stereocenters. The van der Waals surface area contributed by atoms with Crippen molar-refractivity contribution in [1.29, 1.82) is 5.26 Å². The van der Waals surface area contributed by atoms with E-state index in [2.05, 4.69) is 5.32 Å². The minimum atomic E-state index is 0.224. The van der Waals surface area contributed by atoms with E-state index in [1.165, 1.54) is 0 Å². The predicted octanol–water partition coefficient (Wildman–Crippen LogP) is 2.99. The maximum absolute atomic E-state index is 8.37. The third-order valence-electron chi connectivity index (χ3n) is 1.35. The fourth-order valence-electron chi connectivity index (χ4n) is 0.843. The molecule has 1 N–H and O–H groups in total. The number of anilines is 1. The van der Waals surface area contributed by atoms with E-state index in [0.717, 1.165) is 5.69 Å². The lowest BCUT2D eigenvalue weighted by Crippen LogP contribution is -2.07. The average Bonchev–Trinajstić information content (AvgIpc) is 2.04. The summed E-state index contributed by atoms with van der Waals surface area (Å²) in [5.41, 5.74) is 0.813. The molecule has 0 radical (unpaired) electrons. The van der Waals surface area contributed by atoms with Crippen molar-refractivity contribution in [2.24, 2.45) is 0 Å². The molecule has 0 bridgehead atoms. The molecule has 66 valence electrons. The molecule has 13 heavy (non-hydrogen) atoms. The molecular formula is C9H7ClN2S. The maximum Gasteiger partial charge on any atom is 0.0939 e. The van der Waals surface area contributed by atoms with Crippen LogP contribution in [0.4, 0.5) is 5.69 Å². The number of rotatable bonds is 2. The summed E-state index contributed by atoms with van der Waals surface area (Å²) in [7, 11) is 0. The van der Waals surface area contributed by atoms with E-state index in [1.807, 2.05) is 18.2 Å². The SMILES string of the molecule is N#CCC(=S)Nc1cccc(Cl)c1. The second-order valence-electron chi connectivity index (χ2n) is 2.39. The molecule has 1 aromatic rings. The molecule has 0 saturated carbocycles. The number of nitrogens with zero attached hydrogens (tertiary/aromatic N) is 1. The maximum atomic E-state index is 8.37. The molecule has 0 heterocycles. The van der Waals surface area contributed by atoms with Gasteiger partial charge in [0.1, 0.15) is 0 Å². The lowest BCUT2D eigenvalue weighted by molar-refractivity contribution is 1.41. The molecule has 0 spiro atoms. The lowest BCUT2D eigenvalue weighted by atomic mass is 10.3. The third-order valence-corrected chi connectivity index (χ3v) is 1.83. The Bertz CT molecular complexity index is 357. The van der Waals surface area contributed by atoms with Crippen LogP contribution in [0.1, 0.15) is 6.42 Å². The van der Waals surface area contributed by atoms with Crippen molar-refractivity contribution < 1.29 is 0 Å². The van der Waals surface area contributed by atoms with Crippen LogP contribution in [-0.4, -0.2) is 4.99 Å². The minimum absolute atomic E-state index is 0.224. The highest BCUT2D eigenvalue weighted by molar-refractivity contribution is 7.80. The van der Waals surface area contributed by atoms with Crippen LogP contribution in [0, 0.1) is 11.3 Å². The number of nitrogens with one attached hydrogen (secondary N) is 1. The topological polar surface area (TPSA) is 35.8 Å². The molecule has 2 nitrogen and oxygen atoms in total. The fraction of sp³-hybridized carbons (Fsp3) is 0.111. The molecule has 0 fully saturated rings. The van der Waals surface area contributed by atoms with Gasteiger partial charge in [0, 0.05) is 10.7 Å². The van der Waals surface area contributed by atoms with Gasteiger partial charge in [-0.15, -0.1) is 0 Å². The Kier molecular flexibility index (Phi) is 3.69. The molecular weight excluding hydrogens is 204 g/mol. The van der Waals surface area contributed by atoms with Gasteiger partial charge in [-0.05, 0) is 18.2 Å². The molecule has 1 aromatic carbocycles. The normalized spacial score (nSPS) is 8.92. The Morgan fingerprint density at radius 1 is 1.62 bits per heavy atom. The highest BCUT2D eigenvalue weighted by Crippen LogP contribution is 2.15. The molecule has 0 aliphatic rings. The first-order valence-electron chi connectivity index (χ1n) is 3.65.